The molecule has 1 saturated heterocycles. The summed E-state index contributed by atoms with van der Waals surface area (Å²) < 4.78 is 47.6. The fourth-order valence-electron chi connectivity index (χ4n) is 3.90. The predicted molar refractivity (Wildman–Crippen MR) is 124 cm³/mol. The molecular weight excluding hydrogens is 473 g/mol. The van der Waals surface area contributed by atoms with Gasteiger partial charge in [-0.15, -0.1) is 0 Å². The lowest BCUT2D eigenvalue weighted by molar-refractivity contribution is -0.138. The van der Waals surface area contributed by atoms with Gasteiger partial charge in [0.2, 0.25) is 10.0 Å². The number of nitrogens with zero attached hydrogens (tertiary/aromatic N) is 2. The molecule has 0 radical (unpaired) electrons. The number of ether oxygens (including phenoxy) is 1. The van der Waals surface area contributed by atoms with Gasteiger partial charge in [0.05, 0.1) is 29.6 Å². The van der Waals surface area contributed by atoms with E-state index in [4.69, 9.17) is 20.8 Å². The van der Waals surface area contributed by atoms with E-state index in [0.717, 1.165) is 0 Å². The van der Waals surface area contributed by atoms with Crippen LogP contribution in [0.2, 0.25) is 0 Å². The molecule has 10 heteroatoms. The molecule has 35 heavy (non-hydrogen) atoms. The molecular formula is C25H22FN3O5S. The van der Waals surface area contributed by atoms with Crippen LogP contribution in [0.4, 0.5) is 4.39 Å². The van der Waals surface area contributed by atoms with Crippen molar-refractivity contribution in [3.63, 3.8) is 0 Å². The number of sulfonamides is 1. The van der Waals surface area contributed by atoms with E-state index < -0.39 is 33.5 Å². The fraction of sp³-hybridized carbons (Fsp3) is 0.200. The standard InChI is InChI=1S/C25H22FN3O5S/c26-20-8-6-19(7-9-20)25(34-21-10-4-17(14-27)5-11-21)15-29(16-25)35(32,33)22-3-1-2-18(12-22)13-23(28)24(30)31/h1-12,23H,13,15-16,28H2,(H,30,31)/t23-/m0/s1. The Morgan fingerprint density at radius 1 is 1.14 bits per heavy atom. The van der Waals surface area contributed by atoms with Crippen LogP contribution < -0.4 is 10.5 Å². The Labute approximate surface area is 202 Å². The van der Waals surface area contributed by atoms with Gasteiger partial charge in [-0.05, 0) is 66.1 Å². The maximum absolute atomic E-state index is 13.5. The second-order valence-corrected chi connectivity index (χ2v) is 10.2. The van der Waals surface area contributed by atoms with Crippen molar-refractivity contribution < 1.29 is 27.4 Å². The highest BCUT2D eigenvalue weighted by molar-refractivity contribution is 7.89. The van der Waals surface area contributed by atoms with Crippen LogP contribution in [0.5, 0.6) is 5.75 Å². The van der Waals surface area contributed by atoms with Crippen LogP contribution in [0, 0.1) is 17.1 Å². The molecule has 1 heterocycles. The van der Waals surface area contributed by atoms with Crippen molar-refractivity contribution in [2.45, 2.75) is 23.0 Å². The molecule has 0 spiro atoms. The van der Waals surface area contributed by atoms with E-state index in [-0.39, 0.29) is 24.4 Å². The molecule has 180 valence electrons. The summed E-state index contributed by atoms with van der Waals surface area (Å²) in [7, 11) is -3.92. The summed E-state index contributed by atoms with van der Waals surface area (Å²) in [5, 5.41) is 18.1. The summed E-state index contributed by atoms with van der Waals surface area (Å²) in [6, 6.07) is 19.0. The van der Waals surface area contributed by atoms with E-state index in [1.165, 1.54) is 34.6 Å². The minimum atomic E-state index is -3.92. The van der Waals surface area contributed by atoms with Crippen LogP contribution in [0.1, 0.15) is 16.7 Å². The third kappa shape index (κ3) is 5.02. The Morgan fingerprint density at radius 2 is 1.80 bits per heavy atom. The molecule has 0 aromatic heterocycles. The fourth-order valence-corrected chi connectivity index (χ4v) is 5.51. The Hall–Kier alpha value is -3.78. The first kappa shape index (κ1) is 24.3. The summed E-state index contributed by atoms with van der Waals surface area (Å²) in [4.78, 5) is 11.1. The van der Waals surface area contributed by atoms with Gasteiger partial charge in [-0.25, -0.2) is 12.8 Å². The van der Waals surface area contributed by atoms with Crippen LogP contribution in [-0.2, 0) is 26.8 Å². The van der Waals surface area contributed by atoms with Crippen molar-refractivity contribution in [2.75, 3.05) is 13.1 Å². The van der Waals surface area contributed by atoms with E-state index in [1.54, 1.807) is 42.5 Å². The number of carboxylic acid groups (broad SMARTS) is 1. The normalized spacial score (nSPS) is 16.0. The lowest BCUT2D eigenvalue weighted by Gasteiger charge is -2.48. The van der Waals surface area contributed by atoms with Crippen molar-refractivity contribution in [3.05, 3.63) is 95.3 Å². The van der Waals surface area contributed by atoms with Crippen LogP contribution in [0.15, 0.2) is 77.7 Å². The van der Waals surface area contributed by atoms with Crippen LogP contribution in [0.3, 0.4) is 0 Å². The molecule has 1 aliphatic heterocycles. The number of benzene rings is 3. The van der Waals surface area contributed by atoms with E-state index >= 15 is 0 Å². The largest absolute Gasteiger partial charge is 0.480 e. The number of aliphatic carboxylic acids is 1. The van der Waals surface area contributed by atoms with Crippen LogP contribution in [0.25, 0.3) is 0 Å². The van der Waals surface area contributed by atoms with Gasteiger partial charge in [0, 0.05) is 0 Å². The van der Waals surface area contributed by atoms with Crippen molar-refractivity contribution in [1.82, 2.24) is 4.31 Å². The molecule has 1 aliphatic rings. The zero-order valence-corrected chi connectivity index (χ0v) is 19.3. The van der Waals surface area contributed by atoms with Gasteiger partial charge in [-0.3, -0.25) is 4.79 Å². The molecule has 0 unspecified atom stereocenters. The molecule has 8 nitrogen and oxygen atoms in total. The van der Waals surface area contributed by atoms with Gasteiger partial charge >= 0.3 is 5.97 Å². The first-order chi connectivity index (χ1) is 16.6. The van der Waals surface area contributed by atoms with Crippen molar-refractivity contribution in [3.8, 4) is 11.8 Å². The topological polar surface area (TPSA) is 134 Å². The second-order valence-electron chi connectivity index (χ2n) is 8.31. The monoisotopic (exact) mass is 495 g/mol. The minimum Gasteiger partial charge on any atom is -0.480 e. The zero-order chi connectivity index (χ0) is 25.2. The highest BCUT2D eigenvalue weighted by Gasteiger charge is 2.52. The maximum Gasteiger partial charge on any atom is 0.320 e. The number of hydrogen-bond donors (Lipinski definition) is 2. The first-order valence-electron chi connectivity index (χ1n) is 10.7. The Balaban J connectivity index is 1.60. The number of halogens is 1. The molecule has 0 amide bonds. The van der Waals surface area contributed by atoms with Crippen LogP contribution >= 0.6 is 0 Å². The number of rotatable bonds is 8. The molecule has 0 bridgehead atoms. The minimum absolute atomic E-state index is 0.0127. The van der Waals surface area contributed by atoms with Crippen molar-refractivity contribution in [2.24, 2.45) is 5.73 Å². The lowest BCUT2D eigenvalue weighted by Crippen LogP contribution is -2.64. The predicted octanol–water partition coefficient (Wildman–Crippen LogP) is 2.63. The van der Waals surface area contributed by atoms with Gasteiger partial charge in [0.25, 0.3) is 0 Å². The van der Waals surface area contributed by atoms with E-state index in [1.807, 2.05) is 6.07 Å². The van der Waals surface area contributed by atoms with Gasteiger partial charge in [0.15, 0.2) is 5.60 Å². The maximum atomic E-state index is 13.5. The quantitative estimate of drug-likeness (QED) is 0.491. The number of carboxylic acids is 1. The second kappa shape index (κ2) is 9.46. The Kier molecular flexibility index (Phi) is 6.58. The zero-order valence-electron chi connectivity index (χ0n) is 18.5. The number of hydrogen-bond acceptors (Lipinski definition) is 6. The molecule has 4 rings (SSSR count). The third-order valence-corrected chi connectivity index (χ3v) is 7.63. The summed E-state index contributed by atoms with van der Waals surface area (Å²) in [6.07, 6.45) is -0.0139. The van der Waals surface area contributed by atoms with Gasteiger partial charge < -0.3 is 15.6 Å². The number of carbonyl (C=O) groups is 1. The molecule has 0 saturated carbocycles. The average molecular weight is 496 g/mol. The molecule has 1 fully saturated rings. The third-order valence-electron chi connectivity index (χ3n) is 5.84. The van der Waals surface area contributed by atoms with Crippen LogP contribution in [-0.4, -0.2) is 42.9 Å². The van der Waals surface area contributed by atoms with E-state index in [2.05, 4.69) is 0 Å². The summed E-state index contributed by atoms with van der Waals surface area (Å²) in [6.45, 7) is -0.0559. The molecule has 3 N–H and O–H groups in total. The van der Waals surface area contributed by atoms with Gasteiger partial charge in [-0.2, -0.15) is 9.57 Å². The number of nitrogens with two attached hydrogens (primary N) is 1. The smallest absolute Gasteiger partial charge is 0.320 e. The summed E-state index contributed by atoms with van der Waals surface area (Å²) in [5.74, 6) is -1.16. The average Bonchev–Trinajstić information content (AvgIpc) is 2.82. The van der Waals surface area contributed by atoms with Gasteiger partial charge in [0.1, 0.15) is 17.6 Å². The molecule has 3 aromatic carbocycles. The lowest BCUT2D eigenvalue weighted by atomic mass is 9.87. The summed E-state index contributed by atoms with van der Waals surface area (Å²) >= 11 is 0. The number of nitriles is 1. The molecule has 0 aliphatic carbocycles. The highest BCUT2D eigenvalue weighted by Crippen LogP contribution is 2.40. The van der Waals surface area contributed by atoms with Gasteiger partial charge in [-0.1, -0.05) is 24.3 Å². The Bertz CT molecular complexity index is 1380. The summed E-state index contributed by atoms with van der Waals surface area (Å²) in [5.41, 5.74) is 6.07. The van der Waals surface area contributed by atoms with E-state index in [9.17, 15) is 17.6 Å². The van der Waals surface area contributed by atoms with Crippen molar-refractivity contribution >= 4 is 16.0 Å². The SMILES string of the molecule is N#Cc1ccc(OC2(c3ccc(F)cc3)CN(S(=O)(=O)c3cccc(C[C@H](N)C(=O)O)c3)C2)cc1. The first-order valence-corrected chi connectivity index (χ1v) is 12.1. The molecule has 3 aromatic rings. The molecule has 1 atom stereocenters. The highest BCUT2D eigenvalue weighted by atomic mass is 32.2. The Morgan fingerprint density at radius 3 is 2.40 bits per heavy atom. The van der Waals surface area contributed by atoms with E-state index in [0.29, 0.717) is 22.4 Å². The van der Waals surface area contributed by atoms with Crippen molar-refractivity contribution in [1.29, 1.82) is 5.26 Å².